The highest BCUT2D eigenvalue weighted by molar-refractivity contribution is 5.35. The summed E-state index contributed by atoms with van der Waals surface area (Å²) in [5, 5.41) is 0. The number of benzene rings is 1. The minimum absolute atomic E-state index is 0.157. The average Bonchev–Trinajstić information content (AvgIpc) is 2.77. The molecule has 2 nitrogen and oxygen atoms in total. The van der Waals surface area contributed by atoms with Gasteiger partial charge in [0.1, 0.15) is 5.75 Å². The molecule has 0 N–H and O–H groups in total. The molecule has 1 aliphatic heterocycles. The van der Waals surface area contributed by atoms with E-state index in [1.165, 1.54) is 0 Å². The van der Waals surface area contributed by atoms with E-state index in [4.69, 9.17) is 9.47 Å². The molecule has 2 atom stereocenters. The summed E-state index contributed by atoms with van der Waals surface area (Å²) in [5.74, 6) is 0.909. The lowest BCUT2D eigenvalue weighted by Crippen LogP contribution is -2.03. The largest absolute Gasteiger partial charge is 0.496 e. The fraction of sp³-hybridized carbons (Fsp3) is 0.385. The Morgan fingerprint density at radius 2 is 2.20 bits per heavy atom. The zero-order valence-electron chi connectivity index (χ0n) is 8.98. The number of para-hydroxylation sites is 1. The van der Waals surface area contributed by atoms with Crippen LogP contribution in [0.3, 0.4) is 0 Å². The molecule has 0 radical (unpaired) electrons. The van der Waals surface area contributed by atoms with Gasteiger partial charge in [-0.3, -0.25) is 0 Å². The first kappa shape index (κ1) is 10.2. The molecule has 0 saturated carbocycles. The Balaban J connectivity index is 2.19. The molecule has 15 heavy (non-hydrogen) atoms. The van der Waals surface area contributed by atoms with Crippen molar-refractivity contribution in [2.75, 3.05) is 7.11 Å². The number of ether oxygens (including phenoxy) is 2. The highest BCUT2D eigenvalue weighted by Gasteiger charge is 2.26. The normalized spacial score (nSPS) is 25.1. The Morgan fingerprint density at radius 1 is 1.40 bits per heavy atom. The first-order valence-corrected chi connectivity index (χ1v) is 5.26. The second-order valence-corrected chi connectivity index (χ2v) is 3.72. The zero-order valence-corrected chi connectivity index (χ0v) is 8.98. The highest BCUT2D eigenvalue weighted by atomic mass is 16.5. The van der Waals surface area contributed by atoms with E-state index in [1.807, 2.05) is 24.3 Å². The fourth-order valence-corrected chi connectivity index (χ4v) is 2.00. The van der Waals surface area contributed by atoms with Crippen molar-refractivity contribution in [3.63, 3.8) is 0 Å². The first-order valence-electron chi connectivity index (χ1n) is 5.26. The quantitative estimate of drug-likeness (QED) is 0.704. The van der Waals surface area contributed by atoms with Crippen LogP contribution in [0.1, 0.15) is 24.5 Å². The lowest BCUT2D eigenvalue weighted by Gasteiger charge is -2.14. The van der Waals surface area contributed by atoms with Gasteiger partial charge in [0.25, 0.3) is 0 Å². The Morgan fingerprint density at radius 3 is 2.87 bits per heavy atom. The van der Waals surface area contributed by atoms with Crippen LogP contribution in [0.15, 0.2) is 36.9 Å². The van der Waals surface area contributed by atoms with Crippen LogP contribution in [0.5, 0.6) is 5.75 Å². The molecule has 0 spiro atoms. The van der Waals surface area contributed by atoms with Crippen LogP contribution in [0.4, 0.5) is 0 Å². The third-order valence-corrected chi connectivity index (χ3v) is 2.80. The van der Waals surface area contributed by atoms with Crippen molar-refractivity contribution in [1.82, 2.24) is 0 Å². The molecule has 0 aliphatic carbocycles. The lowest BCUT2D eigenvalue weighted by atomic mass is 10.1. The van der Waals surface area contributed by atoms with Gasteiger partial charge in [-0.25, -0.2) is 0 Å². The number of methoxy groups -OCH3 is 1. The molecule has 0 aromatic heterocycles. The molecular weight excluding hydrogens is 188 g/mol. The van der Waals surface area contributed by atoms with E-state index >= 15 is 0 Å². The SMILES string of the molecule is C=C[C@H]1CC[C@H](c2ccccc2OC)O1. The van der Waals surface area contributed by atoms with Crippen LogP contribution < -0.4 is 4.74 Å². The second kappa shape index (κ2) is 4.49. The summed E-state index contributed by atoms with van der Waals surface area (Å²) < 4.78 is 11.2. The van der Waals surface area contributed by atoms with Gasteiger partial charge in [0.05, 0.1) is 19.3 Å². The fourth-order valence-electron chi connectivity index (χ4n) is 2.00. The molecule has 2 rings (SSSR count). The van der Waals surface area contributed by atoms with Gasteiger partial charge in [0, 0.05) is 5.56 Å². The van der Waals surface area contributed by atoms with E-state index in [2.05, 4.69) is 12.6 Å². The predicted molar refractivity (Wildman–Crippen MR) is 60.0 cm³/mol. The molecule has 0 unspecified atom stereocenters. The van der Waals surface area contributed by atoms with Gasteiger partial charge in [0.15, 0.2) is 0 Å². The standard InChI is InChI=1S/C13H16O2/c1-3-10-8-9-13(15-10)11-6-4-5-7-12(11)14-2/h3-7,10,13H,1,8-9H2,2H3/t10-,13+/m0/s1. The Bertz CT molecular complexity index is 346. The van der Waals surface area contributed by atoms with Gasteiger partial charge in [-0.1, -0.05) is 24.3 Å². The number of hydrogen-bond donors (Lipinski definition) is 0. The van der Waals surface area contributed by atoms with E-state index in [1.54, 1.807) is 7.11 Å². The summed E-state index contributed by atoms with van der Waals surface area (Å²) in [6.45, 7) is 3.76. The molecule has 0 bridgehead atoms. The average molecular weight is 204 g/mol. The smallest absolute Gasteiger partial charge is 0.124 e. The maximum Gasteiger partial charge on any atom is 0.124 e. The monoisotopic (exact) mass is 204 g/mol. The van der Waals surface area contributed by atoms with Crippen molar-refractivity contribution in [2.24, 2.45) is 0 Å². The summed E-state index contributed by atoms with van der Waals surface area (Å²) in [6, 6.07) is 8.03. The van der Waals surface area contributed by atoms with Gasteiger partial charge in [0.2, 0.25) is 0 Å². The zero-order chi connectivity index (χ0) is 10.7. The molecule has 2 heteroatoms. The summed E-state index contributed by atoms with van der Waals surface area (Å²) in [7, 11) is 1.69. The predicted octanol–water partition coefficient (Wildman–Crippen LogP) is 3.10. The summed E-state index contributed by atoms with van der Waals surface area (Å²) in [6.07, 6.45) is 4.31. The maximum absolute atomic E-state index is 5.84. The number of rotatable bonds is 3. The van der Waals surface area contributed by atoms with E-state index in [9.17, 15) is 0 Å². The van der Waals surface area contributed by atoms with Gasteiger partial charge in [-0.2, -0.15) is 0 Å². The Labute approximate surface area is 90.5 Å². The van der Waals surface area contributed by atoms with Crippen molar-refractivity contribution in [1.29, 1.82) is 0 Å². The van der Waals surface area contributed by atoms with Crippen molar-refractivity contribution in [3.8, 4) is 5.75 Å². The summed E-state index contributed by atoms with van der Waals surface area (Å²) >= 11 is 0. The van der Waals surface area contributed by atoms with Crippen LogP contribution in [0, 0.1) is 0 Å². The first-order chi connectivity index (χ1) is 7.35. The highest BCUT2D eigenvalue weighted by Crippen LogP contribution is 2.37. The minimum Gasteiger partial charge on any atom is -0.496 e. The summed E-state index contributed by atoms with van der Waals surface area (Å²) in [5.41, 5.74) is 1.14. The molecule has 1 aromatic carbocycles. The molecule has 0 amide bonds. The number of hydrogen-bond acceptors (Lipinski definition) is 2. The molecular formula is C13H16O2. The van der Waals surface area contributed by atoms with E-state index in [-0.39, 0.29) is 12.2 Å². The second-order valence-electron chi connectivity index (χ2n) is 3.72. The molecule has 1 aliphatic rings. The Kier molecular flexibility index (Phi) is 3.07. The Hall–Kier alpha value is -1.28. The van der Waals surface area contributed by atoms with Crippen LogP contribution >= 0.6 is 0 Å². The van der Waals surface area contributed by atoms with Crippen LogP contribution in [0.25, 0.3) is 0 Å². The van der Waals surface area contributed by atoms with E-state index in [0.717, 1.165) is 24.2 Å². The van der Waals surface area contributed by atoms with Crippen molar-refractivity contribution >= 4 is 0 Å². The summed E-state index contributed by atoms with van der Waals surface area (Å²) in [4.78, 5) is 0. The van der Waals surface area contributed by atoms with Crippen LogP contribution in [-0.4, -0.2) is 13.2 Å². The van der Waals surface area contributed by atoms with Gasteiger partial charge in [-0.05, 0) is 18.9 Å². The lowest BCUT2D eigenvalue weighted by molar-refractivity contribution is 0.0696. The minimum atomic E-state index is 0.157. The van der Waals surface area contributed by atoms with Gasteiger partial charge < -0.3 is 9.47 Å². The van der Waals surface area contributed by atoms with Gasteiger partial charge >= 0.3 is 0 Å². The van der Waals surface area contributed by atoms with Crippen molar-refractivity contribution in [3.05, 3.63) is 42.5 Å². The van der Waals surface area contributed by atoms with Gasteiger partial charge in [-0.15, -0.1) is 6.58 Å². The van der Waals surface area contributed by atoms with Crippen LogP contribution in [-0.2, 0) is 4.74 Å². The third-order valence-electron chi connectivity index (χ3n) is 2.80. The van der Waals surface area contributed by atoms with Crippen molar-refractivity contribution < 1.29 is 9.47 Å². The van der Waals surface area contributed by atoms with E-state index < -0.39 is 0 Å². The molecule has 1 aromatic rings. The van der Waals surface area contributed by atoms with Crippen molar-refractivity contribution in [2.45, 2.75) is 25.0 Å². The topological polar surface area (TPSA) is 18.5 Å². The molecule has 1 heterocycles. The molecule has 80 valence electrons. The maximum atomic E-state index is 5.84. The third kappa shape index (κ3) is 2.05. The van der Waals surface area contributed by atoms with Crippen LogP contribution in [0.2, 0.25) is 0 Å². The molecule has 1 saturated heterocycles. The molecule has 1 fully saturated rings. The van der Waals surface area contributed by atoms with E-state index in [0.29, 0.717) is 0 Å².